The normalized spacial score (nSPS) is 12.1. The molecule has 0 saturated heterocycles. The van der Waals surface area contributed by atoms with Crippen LogP contribution in [0.5, 0.6) is 0 Å². The van der Waals surface area contributed by atoms with Crippen LogP contribution in [0.1, 0.15) is 37.7 Å². The molecule has 0 amide bonds. The summed E-state index contributed by atoms with van der Waals surface area (Å²) in [4.78, 5) is 9.41. The summed E-state index contributed by atoms with van der Waals surface area (Å²) in [5, 5.41) is 11.6. The van der Waals surface area contributed by atoms with Crippen molar-refractivity contribution in [3.05, 3.63) is 65.5 Å². The standard InChI is InChI=1S/C24H28N4O2/c1-4-30-14-19-27-21-22(28(19)15-24(2,3)29)20-17(13-16-9-6-5-7-10-16)11-8-12-18(20)26-23(21)25/h5-12,29H,4,13-15H2,1-3H3,(H2,25,26). The molecule has 0 saturated carbocycles. The number of nitrogens with two attached hydrogens (primary N) is 1. The highest BCUT2D eigenvalue weighted by Gasteiger charge is 2.23. The number of hydrogen-bond acceptors (Lipinski definition) is 5. The fourth-order valence-electron chi connectivity index (χ4n) is 3.89. The maximum absolute atomic E-state index is 10.6. The van der Waals surface area contributed by atoms with E-state index in [1.165, 1.54) is 5.56 Å². The number of hydrogen-bond donors (Lipinski definition) is 2. The molecule has 2 aromatic heterocycles. The summed E-state index contributed by atoms with van der Waals surface area (Å²) in [5.41, 5.74) is 10.1. The highest BCUT2D eigenvalue weighted by Crippen LogP contribution is 2.33. The molecule has 2 heterocycles. The number of aliphatic hydroxyl groups is 1. The quantitative estimate of drug-likeness (QED) is 0.485. The van der Waals surface area contributed by atoms with Crippen molar-refractivity contribution < 1.29 is 9.84 Å². The van der Waals surface area contributed by atoms with Gasteiger partial charge < -0.3 is 20.1 Å². The van der Waals surface area contributed by atoms with Crippen molar-refractivity contribution in [1.82, 2.24) is 14.5 Å². The zero-order valence-electron chi connectivity index (χ0n) is 17.7. The third-order valence-corrected chi connectivity index (χ3v) is 5.11. The Labute approximate surface area is 176 Å². The predicted octanol–water partition coefficient (Wildman–Crippen LogP) is 4.06. The van der Waals surface area contributed by atoms with Crippen molar-refractivity contribution in [2.75, 3.05) is 12.3 Å². The van der Waals surface area contributed by atoms with E-state index in [9.17, 15) is 5.11 Å². The Kier molecular flexibility index (Phi) is 5.45. The first-order chi connectivity index (χ1) is 14.4. The lowest BCUT2D eigenvalue weighted by molar-refractivity contribution is 0.0582. The zero-order valence-corrected chi connectivity index (χ0v) is 17.7. The molecule has 4 rings (SSSR count). The Balaban J connectivity index is 2.01. The molecule has 6 heteroatoms. The van der Waals surface area contributed by atoms with E-state index < -0.39 is 5.60 Å². The van der Waals surface area contributed by atoms with Gasteiger partial charge in [-0.15, -0.1) is 0 Å². The molecule has 30 heavy (non-hydrogen) atoms. The van der Waals surface area contributed by atoms with Crippen molar-refractivity contribution in [2.24, 2.45) is 0 Å². The summed E-state index contributed by atoms with van der Waals surface area (Å²) in [6, 6.07) is 16.5. The minimum Gasteiger partial charge on any atom is -0.389 e. The van der Waals surface area contributed by atoms with Gasteiger partial charge in [0.15, 0.2) is 5.82 Å². The summed E-state index contributed by atoms with van der Waals surface area (Å²) in [6.07, 6.45) is 0.771. The lowest BCUT2D eigenvalue weighted by atomic mass is 9.99. The lowest BCUT2D eigenvalue weighted by Crippen LogP contribution is -2.27. The third kappa shape index (κ3) is 4.01. The van der Waals surface area contributed by atoms with Gasteiger partial charge in [-0.3, -0.25) is 0 Å². The number of ether oxygens (including phenoxy) is 1. The molecule has 0 aliphatic heterocycles. The Morgan fingerprint density at radius 2 is 1.83 bits per heavy atom. The smallest absolute Gasteiger partial charge is 0.152 e. The molecule has 0 radical (unpaired) electrons. The third-order valence-electron chi connectivity index (χ3n) is 5.11. The first-order valence-electron chi connectivity index (χ1n) is 10.3. The van der Waals surface area contributed by atoms with E-state index in [1.54, 1.807) is 13.8 Å². The van der Waals surface area contributed by atoms with E-state index in [4.69, 9.17) is 15.5 Å². The second-order valence-electron chi connectivity index (χ2n) is 8.23. The molecular formula is C24H28N4O2. The SMILES string of the molecule is CCOCc1nc2c(N)nc3cccc(Cc4ccccc4)c3c2n1CC(C)(C)O. The average molecular weight is 405 g/mol. The first-order valence-corrected chi connectivity index (χ1v) is 10.3. The highest BCUT2D eigenvalue weighted by molar-refractivity contribution is 6.08. The molecule has 0 unspecified atom stereocenters. The Hall–Kier alpha value is -2.96. The first kappa shape index (κ1) is 20.3. The fourth-order valence-corrected chi connectivity index (χ4v) is 3.89. The molecule has 0 atom stereocenters. The zero-order chi connectivity index (χ0) is 21.3. The van der Waals surface area contributed by atoms with Crippen LogP contribution in [0.2, 0.25) is 0 Å². The van der Waals surface area contributed by atoms with Crippen LogP contribution in [0.25, 0.3) is 21.9 Å². The molecule has 4 aromatic rings. The van der Waals surface area contributed by atoms with Gasteiger partial charge in [-0.2, -0.15) is 0 Å². The van der Waals surface area contributed by atoms with E-state index in [0.717, 1.165) is 34.2 Å². The maximum Gasteiger partial charge on any atom is 0.152 e. The molecule has 156 valence electrons. The van der Waals surface area contributed by atoms with E-state index >= 15 is 0 Å². The second kappa shape index (κ2) is 8.05. The number of imidazole rings is 1. The van der Waals surface area contributed by atoms with Crippen molar-refractivity contribution in [2.45, 2.75) is 45.9 Å². The van der Waals surface area contributed by atoms with Crippen LogP contribution in [-0.2, 0) is 24.3 Å². The molecule has 0 fully saturated rings. The Bertz CT molecular complexity index is 1180. The van der Waals surface area contributed by atoms with Gasteiger partial charge in [0.05, 0.1) is 23.2 Å². The average Bonchev–Trinajstić information content (AvgIpc) is 3.04. The van der Waals surface area contributed by atoms with Crippen LogP contribution in [0.3, 0.4) is 0 Å². The van der Waals surface area contributed by atoms with Gasteiger partial charge in [0, 0.05) is 12.0 Å². The summed E-state index contributed by atoms with van der Waals surface area (Å²) in [5.74, 6) is 1.13. The van der Waals surface area contributed by atoms with Crippen LogP contribution in [-0.4, -0.2) is 31.8 Å². The number of nitrogen functional groups attached to an aromatic ring is 1. The monoisotopic (exact) mass is 404 g/mol. The molecule has 3 N–H and O–H groups in total. The van der Waals surface area contributed by atoms with E-state index in [-0.39, 0.29) is 0 Å². The topological polar surface area (TPSA) is 86.2 Å². The number of nitrogens with zero attached hydrogens (tertiary/aromatic N) is 3. The summed E-state index contributed by atoms with van der Waals surface area (Å²) in [7, 11) is 0. The lowest BCUT2D eigenvalue weighted by Gasteiger charge is -2.21. The number of fused-ring (bicyclic) bond motifs is 3. The van der Waals surface area contributed by atoms with E-state index in [1.807, 2.05) is 41.8 Å². The highest BCUT2D eigenvalue weighted by atomic mass is 16.5. The number of rotatable bonds is 7. The number of anilines is 1. The van der Waals surface area contributed by atoms with Crippen LogP contribution in [0.15, 0.2) is 48.5 Å². The van der Waals surface area contributed by atoms with Gasteiger partial charge >= 0.3 is 0 Å². The summed E-state index contributed by atoms with van der Waals surface area (Å²) >= 11 is 0. The van der Waals surface area contributed by atoms with Crippen LogP contribution in [0.4, 0.5) is 5.82 Å². The van der Waals surface area contributed by atoms with Gasteiger partial charge in [0.1, 0.15) is 17.9 Å². The van der Waals surface area contributed by atoms with Crippen LogP contribution < -0.4 is 5.73 Å². The molecule has 2 aromatic carbocycles. The van der Waals surface area contributed by atoms with Crippen LogP contribution in [0, 0.1) is 0 Å². The Morgan fingerprint density at radius 1 is 1.07 bits per heavy atom. The number of benzene rings is 2. The minimum atomic E-state index is -0.923. The summed E-state index contributed by atoms with van der Waals surface area (Å²) in [6.45, 7) is 6.85. The van der Waals surface area contributed by atoms with Gasteiger partial charge in [-0.1, -0.05) is 42.5 Å². The van der Waals surface area contributed by atoms with Gasteiger partial charge in [0.2, 0.25) is 0 Å². The molecule has 6 nitrogen and oxygen atoms in total. The predicted molar refractivity (Wildman–Crippen MR) is 120 cm³/mol. The van der Waals surface area contributed by atoms with Gasteiger partial charge in [0.25, 0.3) is 0 Å². The number of pyridine rings is 1. The van der Waals surface area contributed by atoms with E-state index in [2.05, 4.69) is 23.2 Å². The second-order valence-corrected chi connectivity index (χ2v) is 8.23. The van der Waals surface area contributed by atoms with Crippen molar-refractivity contribution in [3.63, 3.8) is 0 Å². The molecule has 0 aliphatic rings. The van der Waals surface area contributed by atoms with Gasteiger partial charge in [-0.05, 0) is 44.4 Å². The fraction of sp³-hybridized carbons (Fsp3) is 0.333. The largest absolute Gasteiger partial charge is 0.389 e. The van der Waals surface area contributed by atoms with Crippen molar-refractivity contribution >= 4 is 27.8 Å². The van der Waals surface area contributed by atoms with Crippen LogP contribution >= 0.6 is 0 Å². The van der Waals surface area contributed by atoms with Gasteiger partial charge in [-0.25, -0.2) is 9.97 Å². The molecule has 0 aliphatic carbocycles. The van der Waals surface area contributed by atoms with Crippen molar-refractivity contribution in [3.8, 4) is 0 Å². The molecule has 0 spiro atoms. The molecule has 0 bridgehead atoms. The minimum absolute atomic E-state index is 0.350. The van der Waals surface area contributed by atoms with Crippen molar-refractivity contribution in [1.29, 1.82) is 0 Å². The van der Waals surface area contributed by atoms with E-state index in [0.29, 0.717) is 31.1 Å². The molecular weight excluding hydrogens is 376 g/mol. The summed E-state index contributed by atoms with van der Waals surface area (Å²) < 4.78 is 7.70. The maximum atomic E-state index is 10.6. The number of aromatic nitrogens is 3. The Morgan fingerprint density at radius 3 is 2.53 bits per heavy atom.